The van der Waals surface area contributed by atoms with Gasteiger partial charge >= 0.3 is 0 Å². The number of aromatic nitrogens is 2. The van der Waals surface area contributed by atoms with Gasteiger partial charge in [0, 0.05) is 24.5 Å². The van der Waals surface area contributed by atoms with Crippen molar-refractivity contribution in [3.63, 3.8) is 0 Å². The summed E-state index contributed by atoms with van der Waals surface area (Å²) in [6.45, 7) is 7.68. The highest BCUT2D eigenvalue weighted by Crippen LogP contribution is 2.42. The molecule has 0 radical (unpaired) electrons. The van der Waals surface area contributed by atoms with Gasteiger partial charge in [-0.05, 0) is 45.7 Å². The summed E-state index contributed by atoms with van der Waals surface area (Å²) in [7, 11) is 0. The van der Waals surface area contributed by atoms with E-state index in [-0.39, 0.29) is 33.2 Å². The van der Waals surface area contributed by atoms with Gasteiger partial charge in [-0.15, -0.1) is 0 Å². The lowest BCUT2D eigenvalue weighted by Crippen LogP contribution is -2.51. The molecule has 162 valence electrons. The first-order chi connectivity index (χ1) is 14.2. The molecular formula is C21H25Cl2FN4O2. The minimum atomic E-state index is -0.636. The summed E-state index contributed by atoms with van der Waals surface area (Å²) in [6, 6.07) is 2.65. The average Bonchev–Trinajstić information content (AvgIpc) is 3.00. The van der Waals surface area contributed by atoms with E-state index >= 15 is 0 Å². The summed E-state index contributed by atoms with van der Waals surface area (Å²) in [6.07, 6.45) is 1.84. The fraction of sp³-hybridized carbons (Fsp3) is 0.524. The molecule has 3 heterocycles. The normalized spacial score (nSPS) is 23.4. The van der Waals surface area contributed by atoms with Gasteiger partial charge in [-0.25, -0.2) is 9.37 Å². The van der Waals surface area contributed by atoms with Gasteiger partial charge < -0.3 is 15.4 Å². The lowest BCUT2D eigenvalue weighted by Gasteiger charge is -2.42. The highest BCUT2D eigenvalue weighted by Gasteiger charge is 2.47. The molecular weight excluding hydrogens is 430 g/mol. The summed E-state index contributed by atoms with van der Waals surface area (Å²) in [5.41, 5.74) is 6.97. The maximum Gasteiger partial charge on any atom is 0.263 e. The van der Waals surface area contributed by atoms with Crippen LogP contribution in [-0.4, -0.2) is 41.4 Å². The van der Waals surface area contributed by atoms with Crippen LogP contribution in [0.4, 0.5) is 10.2 Å². The number of ether oxygens (including phenoxy) is 1. The van der Waals surface area contributed by atoms with Crippen LogP contribution < -0.4 is 16.2 Å². The Hall–Kier alpha value is -1.67. The number of nitrogens with zero attached hydrogens (tertiary/aromatic N) is 3. The first-order valence-corrected chi connectivity index (χ1v) is 10.8. The molecule has 6 nitrogen and oxygen atoms in total. The largest absolute Gasteiger partial charge is 0.376 e. The van der Waals surface area contributed by atoms with E-state index in [9.17, 15) is 9.18 Å². The predicted octanol–water partition coefficient (Wildman–Crippen LogP) is 3.63. The van der Waals surface area contributed by atoms with Crippen LogP contribution in [0.15, 0.2) is 16.9 Å². The van der Waals surface area contributed by atoms with Crippen LogP contribution >= 0.6 is 23.2 Å². The predicted molar refractivity (Wildman–Crippen MR) is 117 cm³/mol. The molecule has 2 aromatic rings. The minimum Gasteiger partial charge on any atom is -0.376 e. The summed E-state index contributed by atoms with van der Waals surface area (Å²) in [5, 5.41) is -0.229. The van der Waals surface area contributed by atoms with Crippen molar-refractivity contribution in [2.75, 3.05) is 24.6 Å². The molecule has 0 unspecified atom stereocenters. The smallest absolute Gasteiger partial charge is 0.263 e. The van der Waals surface area contributed by atoms with Crippen molar-refractivity contribution >= 4 is 29.0 Å². The van der Waals surface area contributed by atoms with Crippen molar-refractivity contribution in [2.45, 2.75) is 45.8 Å². The van der Waals surface area contributed by atoms with Crippen molar-refractivity contribution in [1.29, 1.82) is 0 Å². The Labute approximate surface area is 184 Å². The van der Waals surface area contributed by atoms with Gasteiger partial charge in [0.05, 0.1) is 34.0 Å². The molecule has 9 heteroatoms. The number of benzene rings is 1. The van der Waals surface area contributed by atoms with Crippen molar-refractivity contribution in [2.24, 2.45) is 11.1 Å². The molecule has 0 bridgehead atoms. The quantitative estimate of drug-likeness (QED) is 0.701. The zero-order valence-electron chi connectivity index (χ0n) is 17.2. The van der Waals surface area contributed by atoms with Crippen LogP contribution in [-0.2, 0) is 4.74 Å². The van der Waals surface area contributed by atoms with E-state index in [1.54, 1.807) is 13.8 Å². The Morgan fingerprint density at radius 3 is 2.50 bits per heavy atom. The van der Waals surface area contributed by atoms with E-state index in [1.165, 1.54) is 16.7 Å². The molecule has 30 heavy (non-hydrogen) atoms. The van der Waals surface area contributed by atoms with Gasteiger partial charge in [0.15, 0.2) is 0 Å². The third-order valence-electron chi connectivity index (χ3n) is 6.61. The van der Waals surface area contributed by atoms with Crippen molar-refractivity contribution in [3.05, 3.63) is 49.7 Å². The minimum absolute atomic E-state index is 0.00770. The number of nitrogens with two attached hydrogens (primary N) is 1. The second kappa shape index (κ2) is 7.79. The van der Waals surface area contributed by atoms with Gasteiger partial charge in [0.25, 0.3) is 5.56 Å². The number of rotatable bonds is 2. The molecule has 2 N–H and O–H groups in total. The highest BCUT2D eigenvalue weighted by atomic mass is 35.5. The monoisotopic (exact) mass is 454 g/mol. The summed E-state index contributed by atoms with van der Waals surface area (Å²) in [4.78, 5) is 20.0. The molecule has 2 fully saturated rings. The number of halogens is 3. The van der Waals surface area contributed by atoms with Crippen LogP contribution in [0.1, 0.15) is 31.2 Å². The zero-order valence-corrected chi connectivity index (χ0v) is 18.7. The van der Waals surface area contributed by atoms with E-state index in [2.05, 4.69) is 4.90 Å². The molecule has 0 amide bonds. The third-order valence-corrected chi connectivity index (χ3v) is 7.46. The first-order valence-electron chi connectivity index (χ1n) is 10.0. The molecule has 1 aromatic heterocycles. The maximum absolute atomic E-state index is 13.7. The topological polar surface area (TPSA) is 73.4 Å². The van der Waals surface area contributed by atoms with Crippen molar-refractivity contribution < 1.29 is 9.13 Å². The molecule has 2 aliphatic rings. The van der Waals surface area contributed by atoms with Gasteiger partial charge in [0.2, 0.25) is 0 Å². The molecule has 1 aromatic carbocycles. The standard InChI is InChI=1S/C21H25Cl2FN4O2/c1-11-19(27-8-6-21(7-9-27)10-30-12(2)18(21)25)26-13(3)28(20(11)29)15-5-4-14(24)16(22)17(15)23/h4-5,12,18H,6-10,25H2,1-3H3/t12-,18+/m0/s1. The number of piperidine rings is 1. The van der Waals surface area contributed by atoms with Gasteiger partial charge in [0.1, 0.15) is 17.5 Å². The first kappa shape index (κ1) is 21.6. The number of hydrogen-bond acceptors (Lipinski definition) is 5. The van der Waals surface area contributed by atoms with Crippen LogP contribution in [0.5, 0.6) is 0 Å². The molecule has 0 saturated carbocycles. The number of aryl methyl sites for hydroxylation is 1. The third kappa shape index (κ3) is 3.32. The summed E-state index contributed by atoms with van der Waals surface area (Å²) >= 11 is 12.2. The average molecular weight is 455 g/mol. The Morgan fingerprint density at radius 1 is 1.23 bits per heavy atom. The molecule has 2 saturated heterocycles. The van der Waals surface area contributed by atoms with Crippen LogP contribution in [0, 0.1) is 25.1 Å². The lowest BCUT2D eigenvalue weighted by atomic mass is 9.73. The van der Waals surface area contributed by atoms with E-state index in [0.717, 1.165) is 25.9 Å². The Kier molecular flexibility index (Phi) is 5.60. The number of anilines is 1. The Balaban J connectivity index is 1.67. The lowest BCUT2D eigenvalue weighted by molar-refractivity contribution is 0.0974. The zero-order chi connectivity index (χ0) is 21.8. The van der Waals surface area contributed by atoms with Crippen LogP contribution in [0.2, 0.25) is 10.0 Å². The van der Waals surface area contributed by atoms with E-state index in [4.69, 9.17) is 38.7 Å². The fourth-order valence-electron chi connectivity index (χ4n) is 4.61. The molecule has 4 rings (SSSR count). The Bertz CT molecular complexity index is 1050. The summed E-state index contributed by atoms with van der Waals surface area (Å²) in [5.74, 6) is 0.483. The fourth-order valence-corrected chi connectivity index (χ4v) is 5.01. The van der Waals surface area contributed by atoms with Gasteiger partial charge in [-0.3, -0.25) is 9.36 Å². The second-order valence-electron chi connectivity index (χ2n) is 8.33. The highest BCUT2D eigenvalue weighted by molar-refractivity contribution is 6.43. The van der Waals surface area contributed by atoms with Crippen LogP contribution in [0.3, 0.4) is 0 Å². The SMILES string of the molecule is Cc1c(N2CCC3(CC2)CO[C@@H](C)[C@H]3N)nc(C)n(-c2ccc(F)c(Cl)c2Cl)c1=O. The van der Waals surface area contributed by atoms with Gasteiger partial charge in [-0.1, -0.05) is 23.2 Å². The van der Waals surface area contributed by atoms with Crippen molar-refractivity contribution in [3.8, 4) is 5.69 Å². The van der Waals surface area contributed by atoms with Gasteiger partial charge in [-0.2, -0.15) is 0 Å². The summed E-state index contributed by atoms with van der Waals surface area (Å²) < 4.78 is 20.9. The maximum atomic E-state index is 13.7. The van der Waals surface area contributed by atoms with Crippen LogP contribution in [0.25, 0.3) is 5.69 Å². The number of hydrogen-bond donors (Lipinski definition) is 1. The van der Waals surface area contributed by atoms with Crippen molar-refractivity contribution in [1.82, 2.24) is 9.55 Å². The van der Waals surface area contributed by atoms with E-state index in [1.807, 2.05) is 6.92 Å². The molecule has 1 spiro atoms. The van der Waals surface area contributed by atoms with E-state index < -0.39 is 5.82 Å². The second-order valence-corrected chi connectivity index (χ2v) is 9.09. The molecule has 2 atom stereocenters. The Morgan fingerprint density at radius 2 is 1.90 bits per heavy atom. The van der Waals surface area contributed by atoms with E-state index in [0.29, 0.717) is 29.5 Å². The molecule has 0 aliphatic carbocycles. The molecule has 2 aliphatic heterocycles.